The molecule has 0 amide bonds. The Morgan fingerprint density at radius 1 is 1.30 bits per heavy atom. The van der Waals surface area contributed by atoms with Gasteiger partial charge in [0.2, 0.25) is 5.76 Å². The number of hydrogen-bond donors (Lipinski definition) is 0. The summed E-state index contributed by atoms with van der Waals surface area (Å²) in [6.45, 7) is 0.180. The molecule has 5 heteroatoms. The largest absolute Gasteiger partial charge is 0.485 e. The van der Waals surface area contributed by atoms with E-state index in [-0.39, 0.29) is 18.8 Å². The van der Waals surface area contributed by atoms with Gasteiger partial charge in [0.25, 0.3) is 0 Å². The smallest absolute Gasteiger partial charge is 0.373 e. The molecule has 0 spiro atoms. The molecule has 0 unspecified atom stereocenters. The third-order valence-electron chi connectivity index (χ3n) is 2.66. The number of rotatable bonds is 5. The van der Waals surface area contributed by atoms with Crippen LogP contribution in [-0.4, -0.2) is 13.1 Å². The van der Waals surface area contributed by atoms with Crippen molar-refractivity contribution in [1.82, 2.24) is 0 Å². The van der Waals surface area contributed by atoms with Gasteiger partial charge in [-0.2, -0.15) is 5.26 Å². The van der Waals surface area contributed by atoms with E-state index in [1.54, 1.807) is 12.1 Å². The molecule has 0 N–H and O–H groups in total. The molecule has 0 radical (unpaired) electrons. The summed E-state index contributed by atoms with van der Waals surface area (Å²) in [7, 11) is 1.29. The molecule has 5 nitrogen and oxygen atoms in total. The van der Waals surface area contributed by atoms with Crippen molar-refractivity contribution in [2.24, 2.45) is 0 Å². The Labute approximate surface area is 116 Å². The second kappa shape index (κ2) is 6.43. The SMILES string of the molecule is COC(=O)c1ccc(COc2ccccc2CC#N)o1. The minimum absolute atomic E-state index is 0.136. The minimum Gasteiger partial charge on any atom is -0.485 e. The van der Waals surface area contributed by atoms with Gasteiger partial charge in [-0.1, -0.05) is 18.2 Å². The van der Waals surface area contributed by atoms with E-state index in [4.69, 9.17) is 14.4 Å². The van der Waals surface area contributed by atoms with Crippen LogP contribution >= 0.6 is 0 Å². The number of esters is 1. The third-order valence-corrected chi connectivity index (χ3v) is 2.66. The molecule has 0 saturated carbocycles. The van der Waals surface area contributed by atoms with Gasteiger partial charge in [0, 0.05) is 5.56 Å². The van der Waals surface area contributed by atoms with Gasteiger partial charge in [0.1, 0.15) is 18.1 Å². The van der Waals surface area contributed by atoms with Gasteiger partial charge in [-0.15, -0.1) is 0 Å². The number of furan rings is 1. The van der Waals surface area contributed by atoms with E-state index in [1.165, 1.54) is 13.2 Å². The lowest BCUT2D eigenvalue weighted by Gasteiger charge is -2.07. The molecular formula is C15H13NO4. The van der Waals surface area contributed by atoms with Gasteiger partial charge >= 0.3 is 5.97 Å². The maximum absolute atomic E-state index is 11.2. The molecule has 0 fully saturated rings. The average molecular weight is 271 g/mol. The molecule has 0 aliphatic heterocycles. The number of hydrogen-bond acceptors (Lipinski definition) is 5. The first-order valence-corrected chi connectivity index (χ1v) is 5.99. The molecule has 0 aliphatic rings. The summed E-state index contributed by atoms with van der Waals surface area (Å²) in [4.78, 5) is 11.2. The Morgan fingerprint density at radius 2 is 2.10 bits per heavy atom. The van der Waals surface area contributed by atoms with Crippen molar-refractivity contribution < 1.29 is 18.7 Å². The predicted molar refractivity (Wildman–Crippen MR) is 70.1 cm³/mol. The van der Waals surface area contributed by atoms with E-state index < -0.39 is 5.97 Å². The van der Waals surface area contributed by atoms with E-state index in [0.29, 0.717) is 11.5 Å². The fourth-order valence-corrected chi connectivity index (χ4v) is 1.69. The third kappa shape index (κ3) is 3.18. The van der Waals surface area contributed by atoms with Crippen molar-refractivity contribution in [2.45, 2.75) is 13.0 Å². The Hall–Kier alpha value is -2.74. The van der Waals surface area contributed by atoms with E-state index in [0.717, 1.165) is 5.56 Å². The summed E-state index contributed by atoms with van der Waals surface area (Å²) in [6, 6.07) is 12.6. The Morgan fingerprint density at radius 3 is 2.85 bits per heavy atom. The van der Waals surface area contributed by atoms with Crippen molar-refractivity contribution in [1.29, 1.82) is 5.26 Å². The molecule has 1 aromatic heterocycles. The first-order valence-electron chi connectivity index (χ1n) is 5.99. The molecule has 1 aromatic carbocycles. The molecule has 20 heavy (non-hydrogen) atoms. The van der Waals surface area contributed by atoms with Gasteiger partial charge in [-0.25, -0.2) is 4.79 Å². The van der Waals surface area contributed by atoms with Gasteiger partial charge in [0.15, 0.2) is 0 Å². The van der Waals surface area contributed by atoms with Crippen LogP contribution in [0.2, 0.25) is 0 Å². The molecule has 2 rings (SSSR count). The fraction of sp³-hybridized carbons (Fsp3) is 0.200. The standard InChI is InChI=1S/C15H13NO4/c1-18-15(17)14-7-6-12(20-14)10-19-13-5-3-2-4-11(13)8-9-16/h2-7H,8,10H2,1H3. The Balaban J connectivity index is 2.04. The Kier molecular flexibility index (Phi) is 4.40. The summed E-state index contributed by atoms with van der Waals surface area (Å²) in [5.74, 6) is 0.750. The van der Waals surface area contributed by atoms with Crippen LogP contribution < -0.4 is 4.74 Å². The van der Waals surface area contributed by atoms with Crippen LogP contribution in [-0.2, 0) is 17.8 Å². The second-order valence-corrected chi connectivity index (χ2v) is 3.99. The highest BCUT2D eigenvalue weighted by atomic mass is 16.5. The number of ether oxygens (including phenoxy) is 2. The molecule has 0 aliphatic carbocycles. The lowest BCUT2D eigenvalue weighted by Crippen LogP contribution is -1.99. The van der Waals surface area contributed by atoms with Gasteiger partial charge in [-0.05, 0) is 18.2 Å². The number of nitriles is 1. The first-order chi connectivity index (χ1) is 9.74. The van der Waals surface area contributed by atoms with Crippen LogP contribution in [0.25, 0.3) is 0 Å². The lowest BCUT2D eigenvalue weighted by atomic mass is 10.1. The van der Waals surface area contributed by atoms with Crippen molar-refractivity contribution in [3.05, 3.63) is 53.5 Å². The summed E-state index contributed by atoms with van der Waals surface area (Å²) in [5, 5.41) is 8.75. The summed E-state index contributed by atoms with van der Waals surface area (Å²) in [5.41, 5.74) is 0.815. The average Bonchev–Trinajstić information content (AvgIpc) is 2.95. The number of nitrogens with zero attached hydrogens (tertiary/aromatic N) is 1. The van der Waals surface area contributed by atoms with Crippen molar-refractivity contribution in [3.8, 4) is 11.8 Å². The summed E-state index contributed by atoms with van der Waals surface area (Å²) in [6.07, 6.45) is 0.280. The van der Waals surface area contributed by atoms with Gasteiger partial charge < -0.3 is 13.9 Å². The normalized spacial score (nSPS) is 9.80. The number of methoxy groups -OCH3 is 1. The van der Waals surface area contributed by atoms with Gasteiger partial charge in [-0.3, -0.25) is 0 Å². The molecule has 102 valence electrons. The Bertz CT molecular complexity index is 639. The maximum atomic E-state index is 11.2. The van der Waals surface area contributed by atoms with Crippen LogP contribution in [0.5, 0.6) is 5.75 Å². The van der Waals surface area contributed by atoms with Crippen LogP contribution in [0.15, 0.2) is 40.8 Å². The predicted octanol–water partition coefficient (Wildman–Crippen LogP) is 2.71. The van der Waals surface area contributed by atoms with Crippen molar-refractivity contribution in [3.63, 3.8) is 0 Å². The van der Waals surface area contributed by atoms with E-state index in [9.17, 15) is 4.79 Å². The highest BCUT2D eigenvalue weighted by Gasteiger charge is 2.11. The van der Waals surface area contributed by atoms with Crippen LogP contribution in [0.1, 0.15) is 21.9 Å². The van der Waals surface area contributed by atoms with Crippen LogP contribution in [0.3, 0.4) is 0 Å². The molecule has 2 aromatic rings. The highest BCUT2D eigenvalue weighted by Crippen LogP contribution is 2.20. The van der Waals surface area contributed by atoms with E-state index in [2.05, 4.69) is 10.8 Å². The minimum atomic E-state index is -0.527. The highest BCUT2D eigenvalue weighted by molar-refractivity contribution is 5.86. The first kappa shape index (κ1) is 13.7. The topological polar surface area (TPSA) is 72.5 Å². The molecular weight excluding hydrogens is 258 g/mol. The molecule has 1 heterocycles. The number of carbonyl (C=O) groups is 1. The molecule has 0 bridgehead atoms. The van der Waals surface area contributed by atoms with E-state index in [1.807, 2.05) is 18.2 Å². The quantitative estimate of drug-likeness (QED) is 0.782. The molecule has 0 saturated heterocycles. The van der Waals surface area contributed by atoms with Crippen molar-refractivity contribution in [2.75, 3.05) is 7.11 Å². The monoisotopic (exact) mass is 271 g/mol. The number of carbonyl (C=O) groups excluding carboxylic acids is 1. The second-order valence-electron chi connectivity index (χ2n) is 3.99. The zero-order valence-electron chi connectivity index (χ0n) is 11.0. The maximum Gasteiger partial charge on any atom is 0.373 e. The zero-order chi connectivity index (χ0) is 14.4. The fourth-order valence-electron chi connectivity index (χ4n) is 1.69. The lowest BCUT2D eigenvalue weighted by molar-refractivity contribution is 0.0561. The van der Waals surface area contributed by atoms with E-state index >= 15 is 0 Å². The number of para-hydroxylation sites is 1. The van der Waals surface area contributed by atoms with Gasteiger partial charge in [0.05, 0.1) is 19.6 Å². The summed E-state index contributed by atoms with van der Waals surface area (Å²) < 4.78 is 15.5. The number of benzene rings is 1. The van der Waals surface area contributed by atoms with Crippen LogP contribution in [0, 0.1) is 11.3 Å². The zero-order valence-corrected chi connectivity index (χ0v) is 11.0. The van der Waals surface area contributed by atoms with Crippen molar-refractivity contribution >= 4 is 5.97 Å². The summed E-state index contributed by atoms with van der Waals surface area (Å²) >= 11 is 0. The van der Waals surface area contributed by atoms with Crippen LogP contribution in [0.4, 0.5) is 0 Å². The molecule has 0 atom stereocenters.